The lowest BCUT2D eigenvalue weighted by Crippen LogP contribution is -2.38. The number of alkyl halides is 6. The molecule has 0 bridgehead atoms. The minimum absolute atomic E-state index is 0.0691. The fourth-order valence-corrected chi connectivity index (χ4v) is 5.30. The molecular formula is C25H20F6N4O3S. The quantitative estimate of drug-likeness (QED) is 0.297. The van der Waals surface area contributed by atoms with Crippen molar-refractivity contribution in [1.29, 1.82) is 0 Å². The molecule has 1 fully saturated rings. The highest BCUT2D eigenvalue weighted by molar-refractivity contribution is 7.92. The van der Waals surface area contributed by atoms with Crippen LogP contribution in [0.15, 0.2) is 65.8 Å². The van der Waals surface area contributed by atoms with Crippen molar-refractivity contribution >= 4 is 26.4 Å². The maximum Gasteiger partial charge on any atom is 0.501 e. The molecule has 0 unspecified atom stereocenters. The molecule has 0 saturated carbocycles. The molecule has 1 N–H and O–H groups in total. The number of benzene rings is 2. The zero-order valence-electron chi connectivity index (χ0n) is 19.9. The molecule has 7 nitrogen and oxygen atoms in total. The van der Waals surface area contributed by atoms with Crippen molar-refractivity contribution in [2.45, 2.75) is 35.5 Å². The zero-order valence-corrected chi connectivity index (χ0v) is 20.7. The van der Waals surface area contributed by atoms with Crippen LogP contribution in [0.3, 0.4) is 0 Å². The van der Waals surface area contributed by atoms with Gasteiger partial charge in [-0.1, -0.05) is 6.07 Å². The Morgan fingerprint density at radius 2 is 1.64 bits per heavy atom. The van der Waals surface area contributed by atoms with Crippen LogP contribution >= 0.6 is 0 Å². The normalized spacial score (nSPS) is 15.6. The molecule has 5 rings (SSSR count). The summed E-state index contributed by atoms with van der Waals surface area (Å²) in [5.74, 6) is 0.245. The van der Waals surface area contributed by atoms with Crippen LogP contribution in [0.5, 0.6) is 5.75 Å². The Kier molecular flexibility index (Phi) is 6.69. The van der Waals surface area contributed by atoms with Crippen molar-refractivity contribution in [1.82, 2.24) is 15.2 Å². The van der Waals surface area contributed by atoms with E-state index >= 15 is 0 Å². The predicted molar refractivity (Wildman–Crippen MR) is 130 cm³/mol. The first-order valence-electron chi connectivity index (χ1n) is 11.7. The number of rotatable bonds is 5. The highest BCUT2D eigenvalue weighted by Crippen LogP contribution is 2.38. The van der Waals surface area contributed by atoms with Crippen molar-refractivity contribution in [2.24, 2.45) is 0 Å². The Morgan fingerprint density at radius 3 is 2.28 bits per heavy atom. The first-order chi connectivity index (χ1) is 18.3. The van der Waals surface area contributed by atoms with Crippen molar-refractivity contribution in [3.8, 4) is 16.9 Å². The molecule has 0 radical (unpaired) electrons. The number of H-pyrrole nitrogens is 1. The van der Waals surface area contributed by atoms with Gasteiger partial charge in [-0.2, -0.15) is 31.4 Å². The molecule has 4 aromatic rings. The fourth-order valence-electron chi connectivity index (χ4n) is 4.53. The average Bonchev–Trinajstić information content (AvgIpc) is 3.39. The molecule has 1 saturated heterocycles. The van der Waals surface area contributed by atoms with E-state index in [9.17, 15) is 34.8 Å². The Balaban J connectivity index is 1.31. The number of fused-ring (bicyclic) bond motifs is 1. The standard InChI is InChI=1S/C25H20F6N4O3S/c26-24(27,28)23-20(14-33-34-23)15-1-6-21-19(13-15)22(7-10-32-21)35-11-8-17(9-12-35)38-16-2-4-18(5-3-16)39(36,37)25(29,30)31/h1-7,10,13-14,17H,8-9,11-12H2,(H,33,34). The van der Waals surface area contributed by atoms with Gasteiger partial charge in [-0.15, -0.1) is 0 Å². The van der Waals surface area contributed by atoms with Crippen molar-refractivity contribution < 1.29 is 39.5 Å². The molecular weight excluding hydrogens is 550 g/mol. The first kappa shape index (κ1) is 26.8. The number of pyridine rings is 1. The van der Waals surface area contributed by atoms with Crippen LogP contribution in [0.25, 0.3) is 22.0 Å². The molecule has 0 atom stereocenters. The summed E-state index contributed by atoms with van der Waals surface area (Å²) in [6, 6.07) is 10.7. The molecule has 39 heavy (non-hydrogen) atoms. The lowest BCUT2D eigenvalue weighted by molar-refractivity contribution is -0.140. The zero-order chi connectivity index (χ0) is 28.0. The lowest BCUT2D eigenvalue weighted by atomic mass is 10.0. The number of ether oxygens (including phenoxy) is 1. The molecule has 206 valence electrons. The van der Waals surface area contributed by atoms with E-state index in [2.05, 4.69) is 15.0 Å². The summed E-state index contributed by atoms with van der Waals surface area (Å²) in [5.41, 5.74) is -4.65. The summed E-state index contributed by atoms with van der Waals surface area (Å²) in [6.07, 6.45) is -1.01. The van der Waals surface area contributed by atoms with E-state index in [1.807, 2.05) is 5.10 Å². The van der Waals surface area contributed by atoms with Crippen LogP contribution in [0.1, 0.15) is 18.5 Å². The summed E-state index contributed by atoms with van der Waals surface area (Å²) in [7, 11) is -5.44. The highest BCUT2D eigenvalue weighted by Gasteiger charge is 2.46. The van der Waals surface area contributed by atoms with E-state index < -0.39 is 32.1 Å². The Morgan fingerprint density at radius 1 is 0.949 bits per heavy atom. The lowest BCUT2D eigenvalue weighted by Gasteiger charge is -2.34. The molecule has 2 aromatic carbocycles. The summed E-state index contributed by atoms with van der Waals surface area (Å²) < 4.78 is 107. The van der Waals surface area contributed by atoms with E-state index in [0.717, 1.165) is 24.0 Å². The van der Waals surface area contributed by atoms with Gasteiger partial charge in [0.1, 0.15) is 17.5 Å². The molecule has 1 aliphatic heterocycles. The second-order valence-corrected chi connectivity index (χ2v) is 10.9. The number of hydrogen-bond donors (Lipinski definition) is 1. The van der Waals surface area contributed by atoms with Gasteiger partial charge in [-0.05, 0) is 48.0 Å². The monoisotopic (exact) mass is 570 g/mol. The summed E-state index contributed by atoms with van der Waals surface area (Å²) in [5, 5.41) is 6.25. The number of sulfone groups is 1. The van der Waals surface area contributed by atoms with Crippen LogP contribution < -0.4 is 9.64 Å². The smallest absolute Gasteiger partial charge is 0.490 e. The maximum absolute atomic E-state index is 13.4. The van der Waals surface area contributed by atoms with Gasteiger partial charge in [0.25, 0.3) is 9.84 Å². The third-order valence-electron chi connectivity index (χ3n) is 6.48. The Bertz CT molecular complexity index is 1590. The first-order valence-corrected chi connectivity index (χ1v) is 13.2. The van der Waals surface area contributed by atoms with E-state index in [0.29, 0.717) is 42.4 Å². The third kappa shape index (κ3) is 5.24. The van der Waals surface area contributed by atoms with Gasteiger partial charge in [0.05, 0.1) is 16.6 Å². The number of piperidine rings is 1. The van der Waals surface area contributed by atoms with Crippen molar-refractivity contribution in [3.63, 3.8) is 0 Å². The number of hydrogen-bond acceptors (Lipinski definition) is 6. The third-order valence-corrected chi connectivity index (χ3v) is 7.98. The maximum atomic E-state index is 13.4. The number of aromatic amines is 1. The van der Waals surface area contributed by atoms with E-state index in [4.69, 9.17) is 4.74 Å². The van der Waals surface area contributed by atoms with Crippen LogP contribution in [0.4, 0.5) is 32.0 Å². The van der Waals surface area contributed by atoms with Crippen LogP contribution in [0, 0.1) is 0 Å². The van der Waals surface area contributed by atoms with E-state index in [1.54, 1.807) is 30.5 Å². The minimum atomic E-state index is -5.44. The largest absolute Gasteiger partial charge is 0.501 e. The predicted octanol–water partition coefficient (Wildman–Crippen LogP) is 5.99. The van der Waals surface area contributed by atoms with Gasteiger partial charge in [0, 0.05) is 48.8 Å². The van der Waals surface area contributed by atoms with Crippen LogP contribution in [0.2, 0.25) is 0 Å². The van der Waals surface area contributed by atoms with Gasteiger partial charge in [-0.25, -0.2) is 8.42 Å². The van der Waals surface area contributed by atoms with Crippen LogP contribution in [-0.4, -0.2) is 48.3 Å². The topological polar surface area (TPSA) is 88.2 Å². The fraction of sp³-hybridized carbons (Fsp3) is 0.280. The van der Waals surface area contributed by atoms with E-state index in [-0.39, 0.29) is 17.4 Å². The molecule has 14 heteroatoms. The summed E-state index contributed by atoms with van der Waals surface area (Å²) >= 11 is 0. The van der Waals surface area contributed by atoms with Gasteiger partial charge in [0.15, 0.2) is 0 Å². The second kappa shape index (κ2) is 9.74. The van der Waals surface area contributed by atoms with Crippen molar-refractivity contribution in [2.75, 3.05) is 18.0 Å². The van der Waals surface area contributed by atoms with Gasteiger partial charge < -0.3 is 9.64 Å². The number of anilines is 1. The summed E-state index contributed by atoms with van der Waals surface area (Å²) in [6.45, 7) is 1.07. The molecule has 2 aromatic heterocycles. The number of nitrogens with one attached hydrogen (secondary N) is 1. The highest BCUT2D eigenvalue weighted by atomic mass is 32.2. The number of halogens is 6. The molecule has 0 aliphatic carbocycles. The Labute approximate surface area is 218 Å². The van der Waals surface area contributed by atoms with Gasteiger partial charge in [0.2, 0.25) is 0 Å². The Hall–Kier alpha value is -3.81. The molecule has 3 heterocycles. The minimum Gasteiger partial charge on any atom is -0.490 e. The number of nitrogens with zero attached hydrogens (tertiary/aromatic N) is 3. The average molecular weight is 571 g/mol. The SMILES string of the molecule is O=S(=O)(c1ccc(OC2CCN(c3ccnc4ccc(-c5cn[nH]c5C(F)(F)F)cc34)CC2)cc1)C(F)(F)F. The second-order valence-electron chi connectivity index (χ2n) is 8.94. The van der Waals surface area contributed by atoms with Crippen molar-refractivity contribution in [3.05, 3.63) is 66.6 Å². The van der Waals surface area contributed by atoms with Crippen LogP contribution in [-0.2, 0) is 16.0 Å². The number of aromatic nitrogens is 3. The molecule has 1 aliphatic rings. The van der Waals surface area contributed by atoms with Gasteiger partial charge >= 0.3 is 11.7 Å². The van der Waals surface area contributed by atoms with Gasteiger partial charge in [-0.3, -0.25) is 10.1 Å². The summed E-state index contributed by atoms with van der Waals surface area (Å²) in [4.78, 5) is 5.53. The van der Waals surface area contributed by atoms with E-state index in [1.165, 1.54) is 12.1 Å². The molecule has 0 amide bonds. The molecule has 0 spiro atoms.